The highest BCUT2D eigenvalue weighted by Gasteiger charge is 2.26. The Balaban J connectivity index is 1.55. The van der Waals surface area contributed by atoms with Crippen LogP contribution in [0.5, 0.6) is 0 Å². The van der Waals surface area contributed by atoms with Gasteiger partial charge >= 0.3 is 6.09 Å². The fraction of sp³-hybridized carbons (Fsp3) is 0.318. The minimum absolute atomic E-state index is 0.0133. The molecule has 3 aromatic rings. The zero-order valence-electron chi connectivity index (χ0n) is 16.8. The molecule has 8 heteroatoms. The Morgan fingerprint density at radius 2 is 1.73 bits per heavy atom. The molecule has 2 aromatic heterocycles. The number of aromatic nitrogens is 2. The summed E-state index contributed by atoms with van der Waals surface area (Å²) in [5.74, 6) is 0.0133. The van der Waals surface area contributed by atoms with Crippen LogP contribution in [0, 0.1) is 0 Å². The van der Waals surface area contributed by atoms with Crippen molar-refractivity contribution in [2.24, 2.45) is 0 Å². The van der Waals surface area contributed by atoms with Crippen molar-refractivity contribution in [1.29, 1.82) is 0 Å². The standard InChI is InChI=1S/C22H23ClN4O3/c1-2-30-22(29)26-13-11-25(12-14-26)20(28)15-18-21(16-6-8-17(23)9-7-16)24-19-5-3-4-10-27(18)19/h3-10H,2,11-15H2,1H3. The summed E-state index contributed by atoms with van der Waals surface area (Å²) in [5.41, 5.74) is 3.32. The number of benzene rings is 1. The SMILES string of the molecule is CCOC(=O)N1CCN(C(=O)Cc2c(-c3ccc(Cl)cc3)nc3ccccn23)CC1. The number of amides is 2. The Bertz CT molecular complexity index is 1060. The predicted octanol–water partition coefficient (Wildman–Crippen LogP) is 3.50. The zero-order valence-corrected chi connectivity index (χ0v) is 17.5. The maximum Gasteiger partial charge on any atom is 0.409 e. The van der Waals surface area contributed by atoms with E-state index in [0.29, 0.717) is 37.8 Å². The van der Waals surface area contributed by atoms with Crippen LogP contribution in [0.1, 0.15) is 12.6 Å². The number of carbonyl (C=O) groups excluding carboxylic acids is 2. The fourth-order valence-corrected chi connectivity index (χ4v) is 3.79. The van der Waals surface area contributed by atoms with Crippen LogP contribution >= 0.6 is 11.6 Å². The molecule has 2 amide bonds. The number of imidazole rings is 1. The Labute approximate surface area is 179 Å². The van der Waals surface area contributed by atoms with Gasteiger partial charge in [0.15, 0.2) is 0 Å². The Hall–Kier alpha value is -3.06. The van der Waals surface area contributed by atoms with Crippen molar-refractivity contribution < 1.29 is 14.3 Å². The maximum atomic E-state index is 13.1. The van der Waals surface area contributed by atoms with Crippen LogP contribution in [0.25, 0.3) is 16.9 Å². The highest BCUT2D eigenvalue weighted by molar-refractivity contribution is 6.30. The fourth-order valence-electron chi connectivity index (χ4n) is 3.66. The van der Waals surface area contributed by atoms with Crippen LogP contribution in [0.15, 0.2) is 48.7 Å². The van der Waals surface area contributed by atoms with Crippen LogP contribution in [-0.2, 0) is 16.0 Å². The third kappa shape index (κ3) is 4.11. The molecule has 1 aromatic carbocycles. The highest BCUT2D eigenvalue weighted by atomic mass is 35.5. The van der Waals surface area contributed by atoms with Gasteiger partial charge in [-0.05, 0) is 31.2 Å². The first-order valence-electron chi connectivity index (χ1n) is 9.98. The molecular weight excluding hydrogens is 404 g/mol. The van der Waals surface area contributed by atoms with Crippen molar-refractivity contribution in [3.63, 3.8) is 0 Å². The maximum absolute atomic E-state index is 13.1. The lowest BCUT2D eigenvalue weighted by Crippen LogP contribution is -2.51. The first-order valence-corrected chi connectivity index (χ1v) is 10.4. The second-order valence-electron chi connectivity index (χ2n) is 7.09. The van der Waals surface area contributed by atoms with Gasteiger partial charge in [0.1, 0.15) is 5.65 Å². The zero-order chi connectivity index (χ0) is 21.1. The molecule has 3 heterocycles. The third-order valence-corrected chi connectivity index (χ3v) is 5.48. The Morgan fingerprint density at radius 1 is 1.03 bits per heavy atom. The molecule has 4 rings (SSSR count). The Morgan fingerprint density at radius 3 is 2.43 bits per heavy atom. The van der Waals surface area contributed by atoms with E-state index in [4.69, 9.17) is 21.3 Å². The molecule has 0 radical (unpaired) electrons. The van der Waals surface area contributed by atoms with Gasteiger partial charge in [-0.1, -0.05) is 29.8 Å². The van der Waals surface area contributed by atoms with Gasteiger partial charge in [-0.2, -0.15) is 0 Å². The lowest BCUT2D eigenvalue weighted by Gasteiger charge is -2.34. The van der Waals surface area contributed by atoms with Gasteiger partial charge in [0.05, 0.1) is 24.4 Å². The molecular formula is C22H23ClN4O3. The number of hydrogen-bond acceptors (Lipinski definition) is 4. The van der Waals surface area contributed by atoms with Crippen molar-refractivity contribution in [3.05, 3.63) is 59.4 Å². The lowest BCUT2D eigenvalue weighted by atomic mass is 10.1. The number of rotatable bonds is 4. The van der Waals surface area contributed by atoms with Crippen LogP contribution in [0.2, 0.25) is 5.02 Å². The van der Waals surface area contributed by atoms with Crippen molar-refractivity contribution >= 4 is 29.2 Å². The number of hydrogen-bond donors (Lipinski definition) is 0. The summed E-state index contributed by atoms with van der Waals surface area (Å²) in [6, 6.07) is 13.2. The second kappa shape index (κ2) is 8.75. The number of carbonyl (C=O) groups is 2. The molecule has 0 N–H and O–H groups in total. The van der Waals surface area contributed by atoms with Crippen LogP contribution < -0.4 is 0 Å². The van der Waals surface area contributed by atoms with Gasteiger partial charge in [0.25, 0.3) is 0 Å². The third-order valence-electron chi connectivity index (χ3n) is 5.22. The number of fused-ring (bicyclic) bond motifs is 1. The number of pyridine rings is 1. The van der Waals surface area contributed by atoms with E-state index in [1.54, 1.807) is 16.7 Å². The van der Waals surface area contributed by atoms with Gasteiger partial charge in [0, 0.05) is 43.0 Å². The molecule has 0 bridgehead atoms. The normalized spacial score (nSPS) is 14.2. The van der Waals surface area contributed by atoms with Crippen molar-refractivity contribution in [2.75, 3.05) is 32.8 Å². The van der Waals surface area contributed by atoms with Crippen LogP contribution in [-0.4, -0.2) is 64.0 Å². The van der Waals surface area contributed by atoms with E-state index in [0.717, 1.165) is 22.6 Å². The molecule has 0 unspecified atom stereocenters. The molecule has 7 nitrogen and oxygen atoms in total. The number of ether oxygens (including phenoxy) is 1. The smallest absolute Gasteiger partial charge is 0.409 e. The molecule has 1 aliphatic heterocycles. The van der Waals surface area contributed by atoms with E-state index in [-0.39, 0.29) is 18.4 Å². The first-order chi connectivity index (χ1) is 14.6. The van der Waals surface area contributed by atoms with E-state index in [2.05, 4.69) is 0 Å². The van der Waals surface area contributed by atoms with E-state index >= 15 is 0 Å². The molecule has 0 spiro atoms. The van der Waals surface area contributed by atoms with E-state index in [1.807, 2.05) is 53.1 Å². The number of piperazine rings is 1. The van der Waals surface area contributed by atoms with Crippen molar-refractivity contribution in [1.82, 2.24) is 19.2 Å². The summed E-state index contributed by atoms with van der Waals surface area (Å²) in [4.78, 5) is 33.1. The molecule has 1 saturated heterocycles. The average Bonchev–Trinajstić information content (AvgIpc) is 3.13. The molecule has 0 atom stereocenters. The Kier molecular flexibility index (Phi) is 5.90. The summed E-state index contributed by atoms with van der Waals surface area (Å²) in [5, 5.41) is 0.652. The summed E-state index contributed by atoms with van der Waals surface area (Å²) in [6.45, 7) is 4.06. The predicted molar refractivity (Wildman–Crippen MR) is 115 cm³/mol. The summed E-state index contributed by atoms with van der Waals surface area (Å²) >= 11 is 6.03. The average molecular weight is 427 g/mol. The molecule has 0 saturated carbocycles. The topological polar surface area (TPSA) is 67.2 Å². The summed E-state index contributed by atoms with van der Waals surface area (Å²) in [6.07, 6.45) is 1.82. The van der Waals surface area contributed by atoms with E-state index in [1.165, 1.54) is 0 Å². The van der Waals surface area contributed by atoms with E-state index in [9.17, 15) is 9.59 Å². The second-order valence-corrected chi connectivity index (χ2v) is 7.52. The highest BCUT2D eigenvalue weighted by Crippen LogP contribution is 2.26. The quantitative estimate of drug-likeness (QED) is 0.640. The van der Waals surface area contributed by atoms with Crippen molar-refractivity contribution in [2.45, 2.75) is 13.3 Å². The van der Waals surface area contributed by atoms with Crippen LogP contribution in [0.3, 0.4) is 0 Å². The number of nitrogens with zero attached hydrogens (tertiary/aromatic N) is 4. The molecule has 156 valence electrons. The van der Waals surface area contributed by atoms with Gasteiger partial charge in [-0.25, -0.2) is 9.78 Å². The van der Waals surface area contributed by atoms with Crippen LogP contribution in [0.4, 0.5) is 4.79 Å². The van der Waals surface area contributed by atoms with Gasteiger partial charge in [-0.15, -0.1) is 0 Å². The summed E-state index contributed by atoms with van der Waals surface area (Å²) < 4.78 is 7.00. The van der Waals surface area contributed by atoms with Gasteiger partial charge < -0.3 is 18.9 Å². The largest absolute Gasteiger partial charge is 0.450 e. The molecule has 30 heavy (non-hydrogen) atoms. The monoisotopic (exact) mass is 426 g/mol. The summed E-state index contributed by atoms with van der Waals surface area (Å²) in [7, 11) is 0. The van der Waals surface area contributed by atoms with Gasteiger partial charge in [0.2, 0.25) is 5.91 Å². The molecule has 1 fully saturated rings. The van der Waals surface area contributed by atoms with Crippen molar-refractivity contribution in [3.8, 4) is 11.3 Å². The molecule has 0 aliphatic carbocycles. The lowest BCUT2D eigenvalue weighted by molar-refractivity contribution is -0.132. The molecule has 1 aliphatic rings. The minimum Gasteiger partial charge on any atom is -0.450 e. The minimum atomic E-state index is -0.323. The number of halogens is 1. The van der Waals surface area contributed by atoms with E-state index < -0.39 is 0 Å². The van der Waals surface area contributed by atoms with Gasteiger partial charge in [-0.3, -0.25) is 4.79 Å². The first kappa shape index (κ1) is 20.2.